The number of rotatable bonds is 9. The van der Waals surface area contributed by atoms with Crippen LogP contribution in [0.5, 0.6) is 0 Å². The normalized spacial score (nSPS) is 11.5. The van der Waals surface area contributed by atoms with E-state index in [1.807, 2.05) is 0 Å². The van der Waals surface area contributed by atoms with E-state index in [-0.39, 0.29) is 12.1 Å². The lowest BCUT2D eigenvalue weighted by Crippen LogP contribution is -2.29. The summed E-state index contributed by atoms with van der Waals surface area (Å²) >= 11 is 0. The molecular weight excluding hydrogens is 426 g/mol. The van der Waals surface area contributed by atoms with Crippen molar-refractivity contribution in [1.82, 2.24) is 5.32 Å². The summed E-state index contributed by atoms with van der Waals surface area (Å²) in [6, 6.07) is 12.3. The van der Waals surface area contributed by atoms with Gasteiger partial charge in [0.1, 0.15) is 0 Å². The minimum absolute atomic E-state index is 0.170. The third kappa shape index (κ3) is 7.87. The molecule has 11 nitrogen and oxygen atoms in total. The highest BCUT2D eigenvalue weighted by atomic mass is 32.2. The van der Waals surface area contributed by atoms with E-state index in [4.69, 9.17) is 10.3 Å². The molecule has 0 aromatic heterocycles. The van der Waals surface area contributed by atoms with Crippen molar-refractivity contribution in [2.45, 2.75) is 6.92 Å². The number of hydrogen-bond donors (Lipinski definition) is 5. The molecule has 0 saturated carbocycles. The summed E-state index contributed by atoms with van der Waals surface area (Å²) in [5.41, 5.74) is 9.11. The van der Waals surface area contributed by atoms with E-state index < -0.39 is 39.2 Å². The smallest absolute Gasteiger partial charge is 0.279 e. The van der Waals surface area contributed by atoms with Gasteiger partial charge in [-0.25, -0.2) is 0 Å². The Morgan fingerprint density at radius 3 is 2.39 bits per heavy atom. The van der Waals surface area contributed by atoms with Gasteiger partial charge in [0, 0.05) is 30.4 Å². The number of nitrogens with one attached hydrogen (secondary N) is 3. The van der Waals surface area contributed by atoms with Crippen LogP contribution in [0.15, 0.2) is 53.6 Å². The average molecular weight is 447 g/mol. The number of anilines is 3. The van der Waals surface area contributed by atoms with Crippen LogP contribution < -0.4 is 21.8 Å². The molecule has 2 amide bonds. The van der Waals surface area contributed by atoms with Gasteiger partial charge in [-0.1, -0.05) is 12.1 Å². The van der Waals surface area contributed by atoms with E-state index >= 15 is 0 Å². The van der Waals surface area contributed by atoms with Crippen LogP contribution in [-0.2, 0) is 19.7 Å². The standard InChI is InChI=1S/C19H21N5O6S/c1-12(25)17(19(27)22-15-6-3-5-14(20)11-15)24-23-16-7-2-4-13(10-16)18(26)21-8-9-31(28,29)30/h2-7,10-11,23H,8-9,20H2,1H3,(H,21,26)(H,22,27)(H,28,29,30)/b24-17-. The fourth-order valence-corrected chi connectivity index (χ4v) is 2.70. The summed E-state index contributed by atoms with van der Waals surface area (Å²) in [5.74, 6) is -2.54. The maximum Gasteiger partial charge on any atom is 0.279 e. The van der Waals surface area contributed by atoms with Crippen LogP contribution >= 0.6 is 0 Å². The zero-order chi connectivity index (χ0) is 23.0. The highest BCUT2D eigenvalue weighted by Crippen LogP contribution is 2.13. The van der Waals surface area contributed by atoms with Crippen molar-refractivity contribution in [2.24, 2.45) is 5.10 Å². The van der Waals surface area contributed by atoms with Crippen molar-refractivity contribution in [2.75, 3.05) is 28.8 Å². The Morgan fingerprint density at radius 1 is 1.06 bits per heavy atom. The summed E-state index contributed by atoms with van der Waals surface area (Å²) in [7, 11) is -4.19. The summed E-state index contributed by atoms with van der Waals surface area (Å²) in [6.07, 6.45) is 0. The van der Waals surface area contributed by atoms with E-state index in [0.717, 1.165) is 0 Å². The molecule has 0 bridgehead atoms. The summed E-state index contributed by atoms with van der Waals surface area (Å²) < 4.78 is 30.1. The number of benzene rings is 2. The van der Waals surface area contributed by atoms with E-state index in [1.165, 1.54) is 31.2 Å². The molecule has 6 N–H and O–H groups in total. The lowest BCUT2D eigenvalue weighted by molar-refractivity contribution is -0.114. The van der Waals surface area contributed by atoms with Crippen LogP contribution in [0.3, 0.4) is 0 Å². The van der Waals surface area contributed by atoms with Gasteiger partial charge in [0.15, 0.2) is 11.5 Å². The highest BCUT2D eigenvalue weighted by molar-refractivity contribution is 7.85. The van der Waals surface area contributed by atoms with Gasteiger partial charge in [0.25, 0.3) is 21.9 Å². The molecule has 2 aromatic carbocycles. The van der Waals surface area contributed by atoms with Crippen molar-refractivity contribution in [3.05, 3.63) is 54.1 Å². The Kier molecular flexibility index (Phi) is 7.82. The number of nitrogens with zero attached hydrogens (tertiary/aromatic N) is 1. The Labute approximate surface area is 178 Å². The Bertz CT molecular complexity index is 1130. The second kappa shape index (κ2) is 10.3. The topological polar surface area (TPSA) is 180 Å². The van der Waals surface area contributed by atoms with Crippen LogP contribution in [0.2, 0.25) is 0 Å². The average Bonchev–Trinajstić information content (AvgIpc) is 2.67. The molecule has 0 aliphatic heterocycles. The summed E-state index contributed by atoms with van der Waals surface area (Å²) in [6.45, 7) is 0.907. The van der Waals surface area contributed by atoms with Crippen LogP contribution in [0.1, 0.15) is 17.3 Å². The number of carbonyl (C=O) groups excluding carboxylic acids is 3. The predicted molar refractivity (Wildman–Crippen MR) is 116 cm³/mol. The maximum atomic E-state index is 12.4. The number of nitrogens with two attached hydrogens (primary N) is 1. The maximum absolute atomic E-state index is 12.4. The van der Waals surface area contributed by atoms with Gasteiger partial charge in [0.05, 0.1) is 11.4 Å². The van der Waals surface area contributed by atoms with Gasteiger partial charge in [-0.05, 0) is 36.4 Å². The Balaban J connectivity index is 2.08. The minimum Gasteiger partial charge on any atom is -0.399 e. The number of carbonyl (C=O) groups is 3. The van der Waals surface area contributed by atoms with Crippen molar-refractivity contribution >= 4 is 50.5 Å². The first-order chi connectivity index (χ1) is 14.5. The van der Waals surface area contributed by atoms with Gasteiger partial charge < -0.3 is 16.4 Å². The molecule has 0 saturated heterocycles. The summed E-state index contributed by atoms with van der Waals surface area (Å²) in [5, 5.41) is 8.70. The fraction of sp³-hybridized carbons (Fsp3) is 0.158. The van der Waals surface area contributed by atoms with Crippen LogP contribution in [-0.4, -0.2) is 48.6 Å². The van der Waals surface area contributed by atoms with Gasteiger partial charge in [-0.3, -0.25) is 24.4 Å². The van der Waals surface area contributed by atoms with Crippen molar-refractivity contribution in [3.63, 3.8) is 0 Å². The van der Waals surface area contributed by atoms with Crippen LogP contribution in [0.25, 0.3) is 0 Å². The zero-order valence-electron chi connectivity index (χ0n) is 16.5. The number of hydrazone groups is 1. The number of hydrogen-bond acceptors (Lipinski definition) is 8. The number of nitrogen functional groups attached to an aromatic ring is 1. The zero-order valence-corrected chi connectivity index (χ0v) is 17.3. The van der Waals surface area contributed by atoms with Crippen molar-refractivity contribution < 1.29 is 27.4 Å². The molecular formula is C19H21N5O6S. The molecule has 2 rings (SSSR count). The largest absolute Gasteiger partial charge is 0.399 e. The van der Waals surface area contributed by atoms with Gasteiger partial charge in [0.2, 0.25) is 0 Å². The van der Waals surface area contributed by atoms with Crippen molar-refractivity contribution in [3.8, 4) is 0 Å². The molecule has 0 aliphatic carbocycles. The molecule has 12 heteroatoms. The first-order valence-corrected chi connectivity index (χ1v) is 10.5. The van der Waals surface area contributed by atoms with Gasteiger partial charge >= 0.3 is 0 Å². The fourth-order valence-electron chi connectivity index (χ4n) is 2.34. The molecule has 0 radical (unpaired) electrons. The number of amides is 2. The van der Waals surface area contributed by atoms with E-state index in [2.05, 4.69) is 21.2 Å². The third-order valence-corrected chi connectivity index (χ3v) is 4.48. The SMILES string of the molecule is CC(=O)/C(=N/Nc1cccc(C(=O)NCCS(=O)(=O)O)c1)C(=O)Nc1cccc(N)c1. The molecule has 0 unspecified atom stereocenters. The third-order valence-electron chi connectivity index (χ3n) is 3.76. The lowest BCUT2D eigenvalue weighted by atomic mass is 10.2. The molecule has 164 valence electrons. The molecule has 2 aromatic rings. The number of ketones is 1. The first-order valence-electron chi connectivity index (χ1n) is 8.90. The van der Waals surface area contributed by atoms with Crippen LogP contribution in [0, 0.1) is 0 Å². The molecule has 0 fully saturated rings. The van der Waals surface area contributed by atoms with Gasteiger partial charge in [-0.2, -0.15) is 13.5 Å². The van der Waals surface area contributed by atoms with E-state index in [9.17, 15) is 22.8 Å². The molecule has 0 heterocycles. The Hall–Kier alpha value is -3.77. The summed E-state index contributed by atoms with van der Waals surface area (Å²) in [4.78, 5) is 36.3. The van der Waals surface area contributed by atoms with E-state index in [0.29, 0.717) is 17.1 Å². The molecule has 0 atom stereocenters. The second-order valence-corrected chi connectivity index (χ2v) is 7.90. The predicted octanol–water partition coefficient (Wildman–Crippen LogP) is 0.882. The number of Topliss-reactive ketones (excluding diaryl/α,β-unsaturated/α-hetero) is 1. The van der Waals surface area contributed by atoms with Crippen molar-refractivity contribution in [1.29, 1.82) is 0 Å². The highest BCUT2D eigenvalue weighted by Gasteiger charge is 2.17. The van der Waals surface area contributed by atoms with E-state index in [1.54, 1.807) is 24.3 Å². The monoisotopic (exact) mass is 447 g/mol. The molecule has 0 aliphatic rings. The lowest BCUT2D eigenvalue weighted by Gasteiger charge is -2.08. The second-order valence-electron chi connectivity index (χ2n) is 6.33. The first kappa shape index (κ1) is 23.5. The quantitative estimate of drug-likeness (QED) is 0.123. The molecule has 0 spiro atoms. The minimum atomic E-state index is -4.19. The van der Waals surface area contributed by atoms with Crippen LogP contribution in [0.4, 0.5) is 17.1 Å². The molecule has 31 heavy (non-hydrogen) atoms. The Morgan fingerprint density at radius 2 is 1.74 bits per heavy atom. The van der Waals surface area contributed by atoms with Gasteiger partial charge in [-0.15, -0.1) is 0 Å².